The van der Waals surface area contributed by atoms with E-state index in [9.17, 15) is 4.79 Å². The SMILES string of the molecule is CCc1cc(C(=O)O)cc(N2CCCSCC2)n1. The van der Waals surface area contributed by atoms with Crippen LogP contribution < -0.4 is 4.90 Å². The minimum atomic E-state index is -0.877. The first-order valence-corrected chi connectivity index (χ1v) is 7.43. The fourth-order valence-electron chi connectivity index (χ4n) is 2.01. The Morgan fingerprint density at radius 1 is 1.44 bits per heavy atom. The van der Waals surface area contributed by atoms with Crippen LogP contribution in [0.15, 0.2) is 12.1 Å². The molecule has 1 aliphatic heterocycles. The van der Waals surface area contributed by atoms with Crippen molar-refractivity contribution in [1.29, 1.82) is 0 Å². The second-order valence-corrected chi connectivity index (χ2v) is 5.54. The topological polar surface area (TPSA) is 53.4 Å². The maximum absolute atomic E-state index is 11.1. The molecule has 98 valence electrons. The fourth-order valence-corrected chi connectivity index (χ4v) is 2.90. The smallest absolute Gasteiger partial charge is 0.335 e. The van der Waals surface area contributed by atoms with Crippen molar-refractivity contribution in [3.8, 4) is 0 Å². The number of aromatic carboxylic acids is 1. The van der Waals surface area contributed by atoms with Gasteiger partial charge in [-0.1, -0.05) is 6.92 Å². The molecule has 4 nitrogen and oxygen atoms in total. The van der Waals surface area contributed by atoms with Crippen LogP contribution in [0.4, 0.5) is 5.82 Å². The minimum absolute atomic E-state index is 0.341. The van der Waals surface area contributed by atoms with Gasteiger partial charge in [-0.15, -0.1) is 0 Å². The second-order valence-electron chi connectivity index (χ2n) is 4.32. The zero-order valence-electron chi connectivity index (χ0n) is 10.6. The van der Waals surface area contributed by atoms with E-state index >= 15 is 0 Å². The van der Waals surface area contributed by atoms with Crippen molar-refractivity contribution in [2.24, 2.45) is 0 Å². The molecule has 0 spiro atoms. The molecule has 1 saturated heterocycles. The van der Waals surface area contributed by atoms with Gasteiger partial charge in [0, 0.05) is 24.5 Å². The Morgan fingerprint density at radius 2 is 2.28 bits per heavy atom. The Kier molecular flexibility index (Phi) is 4.47. The molecule has 2 rings (SSSR count). The number of pyridine rings is 1. The third kappa shape index (κ3) is 3.16. The van der Waals surface area contributed by atoms with Gasteiger partial charge in [0.05, 0.1) is 5.56 Å². The van der Waals surface area contributed by atoms with E-state index in [0.717, 1.165) is 43.2 Å². The van der Waals surface area contributed by atoms with Crippen LogP contribution in [0.25, 0.3) is 0 Å². The molecule has 0 saturated carbocycles. The molecule has 2 heterocycles. The minimum Gasteiger partial charge on any atom is -0.478 e. The van der Waals surface area contributed by atoms with Crippen LogP contribution in [0.5, 0.6) is 0 Å². The molecule has 0 amide bonds. The van der Waals surface area contributed by atoms with E-state index in [1.807, 2.05) is 18.7 Å². The zero-order valence-corrected chi connectivity index (χ0v) is 11.4. The van der Waals surface area contributed by atoms with E-state index in [1.54, 1.807) is 12.1 Å². The number of hydrogen-bond donors (Lipinski definition) is 1. The van der Waals surface area contributed by atoms with E-state index in [2.05, 4.69) is 9.88 Å². The molecule has 1 N–H and O–H groups in total. The molecule has 0 unspecified atom stereocenters. The molecular formula is C13H18N2O2S. The predicted molar refractivity (Wildman–Crippen MR) is 74.7 cm³/mol. The zero-order chi connectivity index (χ0) is 13.0. The summed E-state index contributed by atoms with van der Waals surface area (Å²) in [7, 11) is 0. The van der Waals surface area contributed by atoms with Gasteiger partial charge in [0.25, 0.3) is 0 Å². The summed E-state index contributed by atoms with van der Waals surface area (Å²) in [6, 6.07) is 3.36. The summed E-state index contributed by atoms with van der Waals surface area (Å²) in [5, 5.41) is 9.13. The largest absolute Gasteiger partial charge is 0.478 e. The lowest BCUT2D eigenvalue weighted by atomic mass is 10.2. The van der Waals surface area contributed by atoms with Crippen molar-refractivity contribution >= 4 is 23.5 Å². The van der Waals surface area contributed by atoms with Crippen molar-refractivity contribution in [1.82, 2.24) is 4.98 Å². The second kappa shape index (κ2) is 6.09. The summed E-state index contributed by atoms with van der Waals surface area (Å²) >= 11 is 1.95. The lowest BCUT2D eigenvalue weighted by molar-refractivity contribution is 0.0696. The Hall–Kier alpha value is -1.23. The van der Waals surface area contributed by atoms with Crippen molar-refractivity contribution in [3.05, 3.63) is 23.4 Å². The molecule has 0 aliphatic carbocycles. The first-order chi connectivity index (χ1) is 8.70. The number of carboxylic acid groups (broad SMARTS) is 1. The molecule has 1 aromatic rings. The van der Waals surface area contributed by atoms with Crippen LogP contribution in [-0.2, 0) is 6.42 Å². The van der Waals surface area contributed by atoms with Gasteiger partial charge in [-0.25, -0.2) is 9.78 Å². The molecule has 0 radical (unpaired) electrons. The number of hydrogen-bond acceptors (Lipinski definition) is 4. The number of carboxylic acids is 1. The van der Waals surface area contributed by atoms with Gasteiger partial charge < -0.3 is 10.0 Å². The van der Waals surface area contributed by atoms with Crippen LogP contribution in [0.2, 0.25) is 0 Å². The van der Waals surface area contributed by atoms with Crippen molar-refractivity contribution in [2.75, 3.05) is 29.5 Å². The maximum Gasteiger partial charge on any atom is 0.335 e. The van der Waals surface area contributed by atoms with E-state index < -0.39 is 5.97 Å². The van der Waals surface area contributed by atoms with Gasteiger partial charge in [0.2, 0.25) is 0 Å². The first-order valence-electron chi connectivity index (χ1n) is 6.27. The highest BCUT2D eigenvalue weighted by Gasteiger charge is 2.14. The molecule has 5 heteroatoms. The highest BCUT2D eigenvalue weighted by Crippen LogP contribution is 2.19. The number of carbonyl (C=O) groups is 1. The van der Waals surface area contributed by atoms with Gasteiger partial charge in [-0.05, 0) is 30.7 Å². The van der Waals surface area contributed by atoms with Crippen molar-refractivity contribution in [2.45, 2.75) is 19.8 Å². The van der Waals surface area contributed by atoms with Crippen LogP contribution in [-0.4, -0.2) is 40.7 Å². The highest BCUT2D eigenvalue weighted by molar-refractivity contribution is 7.99. The maximum atomic E-state index is 11.1. The number of nitrogens with zero attached hydrogens (tertiary/aromatic N) is 2. The quantitative estimate of drug-likeness (QED) is 0.909. The summed E-state index contributed by atoms with van der Waals surface area (Å²) in [5.41, 5.74) is 1.19. The standard InChI is InChI=1S/C13H18N2O2S/c1-2-11-8-10(13(16)17)9-12(14-11)15-4-3-6-18-7-5-15/h8-9H,2-7H2,1H3,(H,16,17). The first kappa shape index (κ1) is 13.2. The van der Waals surface area contributed by atoms with E-state index in [4.69, 9.17) is 5.11 Å². The molecule has 0 atom stereocenters. The number of aryl methyl sites for hydroxylation is 1. The summed E-state index contributed by atoms with van der Waals surface area (Å²) in [6.45, 7) is 3.91. The van der Waals surface area contributed by atoms with Gasteiger partial charge in [-0.3, -0.25) is 0 Å². The Balaban J connectivity index is 2.29. The van der Waals surface area contributed by atoms with Crippen molar-refractivity contribution < 1.29 is 9.90 Å². The number of anilines is 1. The molecular weight excluding hydrogens is 248 g/mol. The van der Waals surface area contributed by atoms with Crippen LogP contribution in [0.1, 0.15) is 29.4 Å². The molecule has 1 aromatic heterocycles. The summed E-state index contributed by atoms with van der Waals surface area (Å²) in [4.78, 5) is 17.9. The predicted octanol–water partition coefficient (Wildman–Crippen LogP) is 2.29. The lowest BCUT2D eigenvalue weighted by Crippen LogP contribution is -2.27. The Bertz CT molecular complexity index is 429. The summed E-state index contributed by atoms with van der Waals surface area (Å²) in [6.07, 6.45) is 1.89. The number of rotatable bonds is 3. The van der Waals surface area contributed by atoms with Gasteiger partial charge in [-0.2, -0.15) is 11.8 Å². The normalized spacial score (nSPS) is 16.4. The third-order valence-corrected chi connectivity index (χ3v) is 4.07. The fraction of sp³-hybridized carbons (Fsp3) is 0.538. The average Bonchev–Trinajstić information content (AvgIpc) is 2.67. The summed E-state index contributed by atoms with van der Waals surface area (Å²) < 4.78 is 0. The molecule has 0 bridgehead atoms. The van der Waals surface area contributed by atoms with Gasteiger partial charge >= 0.3 is 5.97 Å². The van der Waals surface area contributed by atoms with Gasteiger partial charge in [0.15, 0.2) is 0 Å². The summed E-state index contributed by atoms with van der Waals surface area (Å²) in [5.74, 6) is 2.20. The van der Waals surface area contributed by atoms with Crippen LogP contribution in [0.3, 0.4) is 0 Å². The van der Waals surface area contributed by atoms with Gasteiger partial charge in [0.1, 0.15) is 5.82 Å². The van der Waals surface area contributed by atoms with E-state index in [0.29, 0.717) is 5.56 Å². The number of thioether (sulfide) groups is 1. The molecule has 1 fully saturated rings. The highest BCUT2D eigenvalue weighted by atomic mass is 32.2. The number of aromatic nitrogens is 1. The Morgan fingerprint density at radius 3 is 3.00 bits per heavy atom. The molecule has 1 aliphatic rings. The van der Waals surface area contributed by atoms with Crippen molar-refractivity contribution in [3.63, 3.8) is 0 Å². The third-order valence-electron chi connectivity index (χ3n) is 3.02. The molecule has 0 aromatic carbocycles. The monoisotopic (exact) mass is 266 g/mol. The van der Waals surface area contributed by atoms with Crippen LogP contribution >= 0.6 is 11.8 Å². The lowest BCUT2D eigenvalue weighted by Gasteiger charge is -2.22. The van der Waals surface area contributed by atoms with Crippen LogP contribution in [0, 0.1) is 0 Å². The van der Waals surface area contributed by atoms with E-state index in [-0.39, 0.29) is 0 Å². The van der Waals surface area contributed by atoms with E-state index in [1.165, 1.54) is 5.75 Å². The average molecular weight is 266 g/mol. The Labute approximate surface area is 111 Å². The molecule has 18 heavy (non-hydrogen) atoms.